The summed E-state index contributed by atoms with van der Waals surface area (Å²) in [6.45, 7) is 2.06. The standard InChI is InChI=1S/C20H19BrN2O5S2/c1-13-2-4-14(5-3-13)12-28-18(19-22-10-11-29-19)17(20(24)25)23-30(26,27)16-8-6-15(21)7-9-16/h2-11,17-18,23H,12H2,1H3,(H,24,25)/t17-,18+/m1/s1. The van der Waals surface area contributed by atoms with Crippen LogP contribution in [0.2, 0.25) is 0 Å². The van der Waals surface area contributed by atoms with Crippen molar-refractivity contribution in [2.24, 2.45) is 0 Å². The molecule has 158 valence electrons. The third-order valence-electron chi connectivity index (χ3n) is 4.22. The summed E-state index contributed by atoms with van der Waals surface area (Å²) in [7, 11) is -4.10. The fourth-order valence-corrected chi connectivity index (χ4v) is 4.82. The second kappa shape index (κ2) is 9.80. The molecule has 0 bridgehead atoms. The van der Waals surface area contributed by atoms with Crippen molar-refractivity contribution in [1.29, 1.82) is 0 Å². The zero-order chi connectivity index (χ0) is 21.7. The van der Waals surface area contributed by atoms with Gasteiger partial charge >= 0.3 is 5.97 Å². The number of sulfonamides is 1. The van der Waals surface area contributed by atoms with E-state index in [1.165, 1.54) is 29.7 Å². The molecule has 2 atom stereocenters. The number of hydrogen-bond acceptors (Lipinski definition) is 6. The molecule has 2 aromatic carbocycles. The zero-order valence-electron chi connectivity index (χ0n) is 15.9. The van der Waals surface area contributed by atoms with Crippen LogP contribution in [0.3, 0.4) is 0 Å². The summed E-state index contributed by atoms with van der Waals surface area (Å²) in [5.74, 6) is -1.36. The Bertz CT molecular complexity index is 1090. The lowest BCUT2D eigenvalue weighted by atomic mass is 10.1. The van der Waals surface area contributed by atoms with Gasteiger partial charge in [-0.25, -0.2) is 13.4 Å². The first-order chi connectivity index (χ1) is 14.3. The van der Waals surface area contributed by atoms with Gasteiger partial charge in [-0.3, -0.25) is 4.79 Å². The molecular weight excluding hydrogens is 492 g/mol. The molecule has 0 saturated carbocycles. The summed E-state index contributed by atoms with van der Waals surface area (Å²) in [6.07, 6.45) is 0.415. The van der Waals surface area contributed by atoms with Crippen molar-refractivity contribution < 1.29 is 23.1 Å². The molecule has 0 aliphatic heterocycles. The number of benzene rings is 2. The molecule has 0 amide bonds. The summed E-state index contributed by atoms with van der Waals surface area (Å²) in [5.41, 5.74) is 1.92. The van der Waals surface area contributed by atoms with Gasteiger partial charge in [0.05, 0.1) is 11.5 Å². The van der Waals surface area contributed by atoms with E-state index in [0.717, 1.165) is 11.1 Å². The molecule has 0 aliphatic carbocycles. The van der Waals surface area contributed by atoms with Crippen LogP contribution in [-0.4, -0.2) is 30.5 Å². The number of nitrogens with zero attached hydrogens (tertiary/aromatic N) is 1. The lowest BCUT2D eigenvalue weighted by molar-refractivity contribution is -0.143. The third-order valence-corrected chi connectivity index (χ3v) is 7.04. The Morgan fingerprint density at radius 2 is 1.87 bits per heavy atom. The summed E-state index contributed by atoms with van der Waals surface area (Å²) >= 11 is 4.44. The minimum absolute atomic E-state index is 0.0478. The highest BCUT2D eigenvalue weighted by atomic mass is 79.9. The average Bonchev–Trinajstić information content (AvgIpc) is 3.23. The monoisotopic (exact) mass is 510 g/mol. The van der Waals surface area contributed by atoms with Crippen LogP contribution < -0.4 is 4.72 Å². The number of aliphatic carboxylic acids is 1. The first-order valence-electron chi connectivity index (χ1n) is 8.83. The van der Waals surface area contributed by atoms with E-state index in [2.05, 4.69) is 25.6 Å². The lowest BCUT2D eigenvalue weighted by Crippen LogP contribution is -2.45. The Hall–Kier alpha value is -2.11. The number of ether oxygens (including phenoxy) is 1. The van der Waals surface area contributed by atoms with E-state index in [1.54, 1.807) is 17.5 Å². The Morgan fingerprint density at radius 3 is 2.43 bits per heavy atom. The molecule has 0 unspecified atom stereocenters. The number of aryl methyl sites for hydroxylation is 1. The van der Waals surface area contributed by atoms with Crippen LogP contribution in [0.1, 0.15) is 22.2 Å². The van der Waals surface area contributed by atoms with Gasteiger partial charge in [0.1, 0.15) is 11.1 Å². The van der Waals surface area contributed by atoms with E-state index in [1.807, 2.05) is 31.2 Å². The number of hydrogen-bond donors (Lipinski definition) is 2. The lowest BCUT2D eigenvalue weighted by Gasteiger charge is -2.23. The second-order valence-corrected chi connectivity index (χ2v) is 10.0. The van der Waals surface area contributed by atoms with Gasteiger partial charge in [-0.2, -0.15) is 4.72 Å². The molecule has 7 nitrogen and oxygen atoms in total. The van der Waals surface area contributed by atoms with E-state index < -0.39 is 28.1 Å². The van der Waals surface area contributed by atoms with E-state index >= 15 is 0 Å². The predicted octanol–water partition coefficient (Wildman–Crippen LogP) is 3.90. The van der Waals surface area contributed by atoms with Crippen LogP contribution in [0, 0.1) is 6.92 Å². The predicted molar refractivity (Wildman–Crippen MR) is 117 cm³/mol. The zero-order valence-corrected chi connectivity index (χ0v) is 19.1. The molecular formula is C20H19BrN2O5S2. The van der Waals surface area contributed by atoms with Crippen molar-refractivity contribution in [3.8, 4) is 0 Å². The molecule has 3 aromatic rings. The number of carbonyl (C=O) groups is 1. The van der Waals surface area contributed by atoms with E-state index in [-0.39, 0.29) is 11.5 Å². The molecule has 3 rings (SSSR count). The fraction of sp³-hybridized carbons (Fsp3) is 0.200. The summed E-state index contributed by atoms with van der Waals surface area (Å²) in [6, 6.07) is 11.9. The van der Waals surface area contributed by atoms with Crippen LogP contribution in [0.15, 0.2) is 69.5 Å². The van der Waals surface area contributed by atoms with Gasteiger partial charge < -0.3 is 9.84 Å². The van der Waals surface area contributed by atoms with Gasteiger partial charge in [-0.15, -0.1) is 11.3 Å². The number of rotatable bonds is 9. The van der Waals surface area contributed by atoms with Crippen LogP contribution in [-0.2, 0) is 26.2 Å². The number of carboxylic acid groups (broad SMARTS) is 1. The Balaban J connectivity index is 1.87. The molecule has 2 N–H and O–H groups in total. The van der Waals surface area contributed by atoms with Gasteiger partial charge in [-0.05, 0) is 36.8 Å². The van der Waals surface area contributed by atoms with Crippen molar-refractivity contribution in [1.82, 2.24) is 9.71 Å². The highest BCUT2D eigenvalue weighted by Crippen LogP contribution is 2.27. The first-order valence-corrected chi connectivity index (χ1v) is 12.0. The number of thiazole rings is 1. The molecule has 0 radical (unpaired) electrons. The maximum Gasteiger partial charge on any atom is 0.324 e. The average molecular weight is 511 g/mol. The van der Waals surface area contributed by atoms with Gasteiger partial charge in [0.15, 0.2) is 6.04 Å². The van der Waals surface area contributed by atoms with E-state index in [9.17, 15) is 18.3 Å². The van der Waals surface area contributed by atoms with Crippen LogP contribution in [0.4, 0.5) is 0 Å². The van der Waals surface area contributed by atoms with Gasteiger partial charge in [0, 0.05) is 16.0 Å². The molecule has 0 fully saturated rings. The minimum Gasteiger partial charge on any atom is -0.480 e. The number of nitrogens with one attached hydrogen (secondary N) is 1. The van der Waals surface area contributed by atoms with Gasteiger partial charge in [0.2, 0.25) is 10.0 Å². The Morgan fingerprint density at radius 1 is 1.20 bits per heavy atom. The highest BCUT2D eigenvalue weighted by molar-refractivity contribution is 9.10. The molecule has 10 heteroatoms. The SMILES string of the molecule is Cc1ccc(CO[C@H](c2nccs2)[C@@H](NS(=O)(=O)c2ccc(Br)cc2)C(=O)O)cc1. The van der Waals surface area contributed by atoms with Crippen LogP contribution in [0.25, 0.3) is 0 Å². The molecule has 0 saturated heterocycles. The smallest absolute Gasteiger partial charge is 0.324 e. The number of aromatic nitrogens is 1. The van der Waals surface area contributed by atoms with Crippen LogP contribution in [0.5, 0.6) is 0 Å². The van der Waals surface area contributed by atoms with Crippen LogP contribution >= 0.6 is 27.3 Å². The number of carboxylic acids is 1. The van der Waals surface area contributed by atoms with Gasteiger partial charge in [-0.1, -0.05) is 45.8 Å². The summed E-state index contributed by atoms with van der Waals surface area (Å²) in [4.78, 5) is 16.1. The number of halogens is 1. The largest absolute Gasteiger partial charge is 0.480 e. The third kappa shape index (κ3) is 5.73. The van der Waals surface area contributed by atoms with Crippen molar-refractivity contribution >= 4 is 43.3 Å². The first kappa shape index (κ1) is 22.6. The molecule has 0 aliphatic rings. The molecule has 30 heavy (non-hydrogen) atoms. The van der Waals surface area contributed by atoms with Crippen molar-refractivity contribution in [2.45, 2.75) is 30.6 Å². The molecule has 1 heterocycles. The topological polar surface area (TPSA) is 106 Å². The van der Waals surface area contributed by atoms with E-state index in [4.69, 9.17) is 4.74 Å². The van der Waals surface area contributed by atoms with Crippen molar-refractivity contribution in [3.05, 3.63) is 80.7 Å². The summed E-state index contributed by atoms with van der Waals surface area (Å²) in [5, 5.41) is 11.8. The quantitative estimate of drug-likeness (QED) is 0.452. The normalized spacial score (nSPS) is 13.7. The Kier molecular flexibility index (Phi) is 7.37. The highest BCUT2D eigenvalue weighted by Gasteiger charge is 2.36. The Labute approximate surface area is 186 Å². The van der Waals surface area contributed by atoms with Crippen molar-refractivity contribution in [3.63, 3.8) is 0 Å². The van der Waals surface area contributed by atoms with E-state index in [0.29, 0.717) is 9.48 Å². The maximum atomic E-state index is 12.8. The molecule has 1 aromatic heterocycles. The minimum atomic E-state index is -4.10. The van der Waals surface area contributed by atoms with Gasteiger partial charge in [0.25, 0.3) is 0 Å². The fourth-order valence-electron chi connectivity index (χ4n) is 2.65. The molecule has 0 spiro atoms. The maximum absolute atomic E-state index is 12.8. The summed E-state index contributed by atoms with van der Waals surface area (Å²) < 4.78 is 34.4. The van der Waals surface area contributed by atoms with Crippen molar-refractivity contribution in [2.75, 3.05) is 0 Å². The second-order valence-electron chi connectivity index (χ2n) is 6.48.